The van der Waals surface area contributed by atoms with Crippen LogP contribution >= 0.6 is 0 Å². The molecule has 1 aliphatic rings. The molecule has 1 heterocycles. The van der Waals surface area contributed by atoms with Crippen LogP contribution in [0.3, 0.4) is 0 Å². The van der Waals surface area contributed by atoms with Gasteiger partial charge in [-0.3, -0.25) is 0 Å². The lowest BCUT2D eigenvalue weighted by molar-refractivity contribution is 0.0698. The van der Waals surface area contributed by atoms with Gasteiger partial charge >= 0.3 is 5.97 Å². The van der Waals surface area contributed by atoms with Crippen molar-refractivity contribution in [2.75, 3.05) is 23.7 Å². The molecule has 0 unspecified atom stereocenters. The number of aromatic carboxylic acids is 1. The average Bonchev–Trinajstić information content (AvgIpc) is 2.51. The summed E-state index contributed by atoms with van der Waals surface area (Å²) in [6, 6.07) is 5.30. The molecule has 1 saturated heterocycles. The van der Waals surface area contributed by atoms with E-state index in [9.17, 15) is 4.79 Å². The van der Waals surface area contributed by atoms with Gasteiger partial charge in [-0.1, -0.05) is 13.8 Å². The van der Waals surface area contributed by atoms with Gasteiger partial charge in [-0.15, -0.1) is 0 Å². The number of carboxylic acid groups (broad SMARTS) is 1. The zero-order valence-corrected chi connectivity index (χ0v) is 11.6. The number of nitrogens with zero attached hydrogens (tertiary/aromatic N) is 1. The lowest BCUT2D eigenvalue weighted by Gasteiger charge is -2.25. The summed E-state index contributed by atoms with van der Waals surface area (Å²) in [6.07, 6.45) is 3.48. The molecule has 2 rings (SSSR count). The summed E-state index contributed by atoms with van der Waals surface area (Å²) < 4.78 is 0. The van der Waals surface area contributed by atoms with Crippen molar-refractivity contribution >= 4 is 17.3 Å². The summed E-state index contributed by atoms with van der Waals surface area (Å²) >= 11 is 0. The number of rotatable bonds is 2. The molecule has 0 saturated carbocycles. The predicted octanol–water partition coefficient (Wildman–Crippen LogP) is 2.98. The zero-order chi connectivity index (χ0) is 14.0. The molecule has 1 aromatic carbocycles. The highest BCUT2D eigenvalue weighted by Crippen LogP contribution is 2.32. The van der Waals surface area contributed by atoms with Crippen molar-refractivity contribution < 1.29 is 9.90 Å². The number of benzene rings is 1. The van der Waals surface area contributed by atoms with Crippen LogP contribution in [0.5, 0.6) is 0 Å². The van der Waals surface area contributed by atoms with Crippen molar-refractivity contribution in [2.24, 2.45) is 5.41 Å². The van der Waals surface area contributed by atoms with Crippen molar-refractivity contribution in [2.45, 2.75) is 33.1 Å². The molecule has 0 amide bonds. The van der Waals surface area contributed by atoms with Crippen LogP contribution in [0.1, 0.15) is 43.5 Å². The first-order valence-electron chi connectivity index (χ1n) is 6.77. The molecule has 19 heavy (non-hydrogen) atoms. The number of hydrogen-bond acceptors (Lipinski definition) is 3. The van der Waals surface area contributed by atoms with E-state index in [0.717, 1.165) is 31.6 Å². The largest absolute Gasteiger partial charge is 0.478 e. The quantitative estimate of drug-likeness (QED) is 0.804. The molecule has 1 aromatic rings. The number of hydrogen-bond donors (Lipinski definition) is 2. The van der Waals surface area contributed by atoms with Crippen LogP contribution < -0.4 is 10.6 Å². The maximum absolute atomic E-state index is 11.1. The van der Waals surface area contributed by atoms with Gasteiger partial charge in [-0.25, -0.2) is 4.79 Å². The van der Waals surface area contributed by atoms with E-state index in [4.69, 9.17) is 10.8 Å². The van der Waals surface area contributed by atoms with Gasteiger partial charge < -0.3 is 15.7 Å². The Balaban J connectivity index is 2.22. The van der Waals surface area contributed by atoms with E-state index in [2.05, 4.69) is 18.7 Å². The molecule has 0 radical (unpaired) electrons. The summed E-state index contributed by atoms with van der Waals surface area (Å²) in [4.78, 5) is 13.4. The zero-order valence-electron chi connectivity index (χ0n) is 11.6. The van der Waals surface area contributed by atoms with Crippen LogP contribution in [0, 0.1) is 5.41 Å². The van der Waals surface area contributed by atoms with Gasteiger partial charge in [0.25, 0.3) is 0 Å². The Bertz CT molecular complexity index is 483. The molecule has 1 aliphatic heterocycles. The average molecular weight is 262 g/mol. The van der Waals surface area contributed by atoms with E-state index in [1.54, 1.807) is 12.1 Å². The first-order valence-corrected chi connectivity index (χ1v) is 6.77. The maximum Gasteiger partial charge on any atom is 0.337 e. The van der Waals surface area contributed by atoms with Crippen LogP contribution in [0.4, 0.5) is 11.4 Å². The molecule has 4 nitrogen and oxygen atoms in total. The highest BCUT2D eigenvalue weighted by Gasteiger charge is 2.23. The highest BCUT2D eigenvalue weighted by molar-refractivity contribution is 5.94. The predicted molar refractivity (Wildman–Crippen MR) is 77.7 cm³/mol. The van der Waals surface area contributed by atoms with Crippen molar-refractivity contribution in [3.8, 4) is 0 Å². The van der Waals surface area contributed by atoms with Crippen LogP contribution in [-0.4, -0.2) is 24.2 Å². The minimum atomic E-state index is -0.963. The molecular formula is C15H22N2O2. The summed E-state index contributed by atoms with van der Waals surface area (Å²) in [6.45, 7) is 6.53. The minimum absolute atomic E-state index is 0.195. The first kappa shape index (κ1) is 13.7. The van der Waals surface area contributed by atoms with Gasteiger partial charge in [0.15, 0.2) is 0 Å². The van der Waals surface area contributed by atoms with Crippen molar-refractivity contribution in [1.82, 2.24) is 0 Å². The van der Waals surface area contributed by atoms with Crippen LogP contribution in [-0.2, 0) is 0 Å². The molecular weight excluding hydrogens is 240 g/mol. The van der Waals surface area contributed by atoms with Crippen LogP contribution in [0.15, 0.2) is 18.2 Å². The van der Waals surface area contributed by atoms with E-state index in [-0.39, 0.29) is 5.56 Å². The number of anilines is 2. The first-order chi connectivity index (χ1) is 8.89. The minimum Gasteiger partial charge on any atom is -0.478 e. The summed E-state index contributed by atoms with van der Waals surface area (Å²) in [5.41, 5.74) is 7.55. The maximum atomic E-state index is 11.1. The van der Waals surface area contributed by atoms with Gasteiger partial charge in [0.1, 0.15) is 0 Å². The standard InChI is InChI=1S/C15H22N2O2/c1-15(2)6-3-8-17(9-7-15)11-4-5-13(16)12(10-11)14(18)19/h4-5,10H,3,6-9,16H2,1-2H3,(H,18,19). The Morgan fingerprint density at radius 2 is 2.05 bits per heavy atom. The normalized spacial score (nSPS) is 18.9. The lowest BCUT2D eigenvalue weighted by Crippen LogP contribution is -2.25. The molecule has 0 bridgehead atoms. The smallest absolute Gasteiger partial charge is 0.337 e. The fraction of sp³-hybridized carbons (Fsp3) is 0.533. The molecule has 0 aliphatic carbocycles. The van der Waals surface area contributed by atoms with Gasteiger partial charge in [-0.05, 0) is 42.9 Å². The van der Waals surface area contributed by atoms with E-state index < -0.39 is 5.97 Å². The number of nitrogens with two attached hydrogens (primary N) is 1. The second-order valence-corrected chi connectivity index (χ2v) is 6.08. The molecule has 0 aromatic heterocycles. The summed E-state index contributed by atoms with van der Waals surface area (Å²) in [7, 11) is 0. The Morgan fingerprint density at radius 3 is 2.74 bits per heavy atom. The second kappa shape index (κ2) is 5.11. The second-order valence-electron chi connectivity index (χ2n) is 6.08. The fourth-order valence-electron chi connectivity index (χ4n) is 2.61. The molecule has 3 N–H and O–H groups in total. The number of carboxylic acids is 1. The summed E-state index contributed by atoms with van der Waals surface area (Å²) in [5.74, 6) is -0.963. The Morgan fingerprint density at radius 1 is 1.32 bits per heavy atom. The van der Waals surface area contributed by atoms with E-state index >= 15 is 0 Å². The monoisotopic (exact) mass is 262 g/mol. The van der Waals surface area contributed by atoms with E-state index in [0.29, 0.717) is 11.1 Å². The topological polar surface area (TPSA) is 66.6 Å². The summed E-state index contributed by atoms with van der Waals surface area (Å²) in [5, 5.41) is 9.13. The molecule has 0 spiro atoms. The van der Waals surface area contributed by atoms with Crippen LogP contribution in [0.2, 0.25) is 0 Å². The molecule has 104 valence electrons. The van der Waals surface area contributed by atoms with Crippen molar-refractivity contribution in [3.63, 3.8) is 0 Å². The SMILES string of the molecule is CC1(C)CCCN(c2ccc(N)c(C(=O)O)c2)CC1. The van der Waals surface area contributed by atoms with Gasteiger partial charge in [0.2, 0.25) is 0 Å². The Hall–Kier alpha value is -1.71. The Kier molecular flexibility index (Phi) is 3.69. The third-order valence-corrected chi connectivity index (χ3v) is 3.97. The molecule has 4 heteroatoms. The molecule has 1 fully saturated rings. The van der Waals surface area contributed by atoms with Crippen molar-refractivity contribution in [1.29, 1.82) is 0 Å². The van der Waals surface area contributed by atoms with Crippen LogP contribution in [0.25, 0.3) is 0 Å². The van der Waals surface area contributed by atoms with E-state index in [1.165, 1.54) is 6.42 Å². The van der Waals surface area contributed by atoms with Gasteiger partial charge in [0.05, 0.1) is 5.56 Å². The fourth-order valence-corrected chi connectivity index (χ4v) is 2.61. The number of nitrogen functional groups attached to an aromatic ring is 1. The van der Waals surface area contributed by atoms with E-state index in [1.807, 2.05) is 6.07 Å². The Labute approximate surface area is 114 Å². The number of carbonyl (C=O) groups is 1. The van der Waals surface area contributed by atoms with Crippen molar-refractivity contribution in [3.05, 3.63) is 23.8 Å². The third kappa shape index (κ3) is 3.19. The third-order valence-electron chi connectivity index (χ3n) is 3.97. The lowest BCUT2D eigenvalue weighted by atomic mass is 9.85. The molecule has 0 atom stereocenters. The highest BCUT2D eigenvalue weighted by atomic mass is 16.4. The van der Waals surface area contributed by atoms with Gasteiger partial charge in [0, 0.05) is 24.5 Å². The van der Waals surface area contributed by atoms with Gasteiger partial charge in [-0.2, -0.15) is 0 Å².